The maximum absolute atomic E-state index is 13.5. The van der Waals surface area contributed by atoms with E-state index in [4.69, 9.17) is 39.9 Å². The summed E-state index contributed by atoms with van der Waals surface area (Å²) in [7, 11) is 2.96. The van der Waals surface area contributed by atoms with Crippen LogP contribution in [0.25, 0.3) is 0 Å². The molecule has 0 aromatic carbocycles. The zero-order chi connectivity index (χ0) is 41.6. The number of unbranched alkanes of at least 4 members (excludes halogenated alkanes) is 1. The van der Waals surface area contributed by atoms with Crippen LogP contribution in [0.2, 0.25) is 0 Å². The van der Waals surface area contributed by atoms with E-state index in [0.717, 1.165) is 5.57 Å². The number of aliphatic hydroxyl groups excluding tert-OH is 2. The van der Waals surface area contributed by atoms with Crippen LogP contribution in [0.3, 0.4) is 0 Å². The van der Waals surface area contributed by atoms with Gasteiger partial charge in [0.2, 0.25) is 11.7 Å². The number of nitrogens with two attached hydrogens (primary N) is 2. The van der Waals surface area contributed by atoms with Crippen molar-refractivity contribution in [2.24, 2.45) is 27.8 Å². The number of carboxylic acid groups (broad SMARTS) is 1. The third kappa shape index (κ3) is 12.7. The average molecular weight is 794 g/mol. The molecule has 3 rings (SSSR count). The third-order valence-corrected chi connectivity index (χ3v) is 10.7. The lowest BCUT2D eigenvalue weighted by molar-refractivity contribution is -0.332. The van der Waals surface area contributed by atoms with Crippen molar-refractivity contribution in [1.82, 2.24) is 10.6 Å². The fourth-order valence-electron chi connectivity index (χ4n) is 7.20. The van der Waals surface area contributed by atoms with E-state index in [2.05, 4.69) is 22.2 Å². The smallest absolute Gasteiger partial charge is 0.326 e. The number of carboxylic acids is 1. The van der Waals surface area contributed by atoms with E-state index in [9.17, 15) is 29.7 Å². The van der Waals surface area contributed by atoms with E-state index >= 15 is 0 Å². The Balaban J connectivity index is 1.51. The molecular weight excluding hydrogens is 730 g/mol. The predicted molar refractivity (Wildman–Crippen MR) is 207 cm³/mol. The highest BCUT2D eigenvalue weighted by molar-refractivity contribution is 5.91. The SMILES string of the molecule is C=C1C[C@](OC)([C@H](O)C(=O)NC2OCOC3C2O[C@H](C[C@@H](O)CCC/C=C/C=C\C=C\C(=O)N[C@@H](CCCN=C(N)N)C(=O)O)C(C)(C)[C@@H]3OC)O[C@H](C)[C@@H]1C. The van der Waals surface area contributed by atoms with Crippen LogP contribution in [0.4, 0.5) is 0 Å². The molecule has 17 nitrogen and oxygen atoms in total. The number of nitrogens with one attached hydrogen (secondary N) is 2. The van der Waals surface area contributed by atoms with E-state index in [1.807, 2.05) is 39.8 Å². The number of amides is 2. The van der Waals surface area contributed by atoms with Crippen molar-refractivity contribution in [3.05, 3.63) is 48.6 Å². The lowest BCUT2D eigenvalue weighted by atomic mass is 9.72. The first kappa shape index (κ1) is 46.7. The Bertz CT molecular complexity index is 1450. The number of allylic oxidation sites excluding steroid dienone is 5. The zero-order valence-corrected chi connectivity index (χ0v) is 33.4. The number of aliphatic hydroxyl groups is 2. The summed E-state index contributed by atoms with van der Waals surface area (Å²) in [6.45, 7) is 12.0. The van der Waals surface area contributed by atoms with Crippen molar-refractivity contribution in [1.29, 1.82) is 0 Å². The molecule has 3 aliphatic heterocycles. The van der Waals surface area contributed by atoms with Crippen molar-refractivity contribution in [2.75, 3.05) is 27.6 Å². The van der Waals surface area contributed by atoms with Crippen molar-refractivity contribution >= 4 is 23.7 Å². The largest absolute Gasteiger partial charge is 0.480 e. The van der Waals surface area contributed by atoms with E-state index in [1.165, 1.54) is 19.3 Å². The maximum atomic E-state index is 13.5. The summed E-state index contributed by atoms with van der Waals surface area (Å²) in [5.41, 5.74) is 10.7. The van der Waals surface area contributed by atoms with E-state index in [0.29, 0.717) is 25.7 Å². The quantitative estimate of drug-likeness (QED) is 0.0231. The van der Waals surface area contributed by atoms with Gasteiger partial charge in [0.15, 0.2) is 18.3 Å². The van der Waals surface area contributed by atoms with Gasteiger partial charge in [-0.1, -0.05) is 63.3 Å². The molecule has 316 valence electrons. The summed E-state index contributed by atoms with van der Waals surface area (Å²) in [6.07, 6.45) is 6.58. The Hall–Kier alpha value is -3.68. The second kappa shape index (κ2) is 21.7. The van der Waals surface area contributed by atoms with E-state index < -0.39 is 77.9 Å². The van der Waals surface area contributed by atoms with E-state index in [-0.39, 0.29) is 50.6 Å². The Kier molecular flexibility index (Phi) is 18.1. The Morgan fingerprint density at radius 1 is 1.05 bits per heavy atom. The van der Waals surface area contributed by atoms with Gasteiger partial charge in [-0.3, -0.25) is 14.6 Å². The van der Waals surface area contributed by atoms with Gasteiger partial charge in [0.25, 0.3) is 5.91 Å². The zero-order valence-electron chi connectivity index (χ0n) is 33.4. The first-order valence-electron chi connectivity index (χ1n) is 19.0. The number of methoxy groups -OCH3 is 2. The highest BCUT2D eigenvalue weighted by Gasteiger charge is 2.57. The molecule has 3 aliphatic rings. The number of carbonyl (C=O) groups is 3. The number of guanidine groups is 1. The number of rotatable bonds is 20. The number of fused-ring (bicyclic) bond motifs is 1. The molecule has 0 aromatic heterocycles. The normalized spacial score (nSPS) is 30.8. The standard InChI is InChI=1S/C39H63N5O12/c1-23-21-39(52-7,56-25(3)24(23)2)32(47)34(48)44-35-31-30(53-22-54-35)33(51-6)38(4,5)28(55-31)20-26(45)16-13-11-9-8-10-12-14-18-29(46)43-27(36(49)50)17-15-19-42-37(40)41/h8-10,12,14,18,24-28,30-33,35,45,47H,1,11,13,15-17,19-22H2,2-7H3,(H,43,46)(H,44,48)(H,49,50)(H4,40,41,42)/b9-8+,12-10-,18-14+/t24-,25-,26+,27+,28-,30?,31?,32-,33-,35?,39-/m1/s1. The number of ether oxygens (including phenoxy) is 6. The summed E-state index contributed by atoms with van der Waals surface area (Å²) in [6, 6.07) is -1.06. The molecule has 56 heavy (non-hydrogen) atoms. The molecule has 3 unspecified atom stereocenters. The van der Waals surface area contributed by atoms with Gasteiger partial charge < -0.3 is 65.8 Å². The molecule has 0 aliphatic carbocycles. The van der Waals surface area contributed by atoms with Gasteiger partial charge in [-0.05, 0) is 39.0 Å². The van der Waals surface area contributed by atoms with Crippen LogP contribution in [0.15, 0.2) is 53.6 Å². The number of aliphatic imine (C=N–C) groups is 1. The molecule has 2 amide bonds. The Morgan fingerprint density at radius 3 is 2.41 bits per heavy atom. The molecule has 0 aromatic rings. The van der Waals surface area contributed by atoms with Crippen LogP contribution in [0.1, 0.15) is 72.6 Å². The molecule has 3 saturated heterocycles. The number of hydrogen-bond donors (Lipinski definition) is 7. The van der Waals surface area contributed by atoms with Gasteiger partial charge >= 0.3 is 5.97 Å². The molecule has 11 atom stereocenters. The van der Waals surface area contributed by atoms with Crippen LogP contribution in [-0.4, -0.2) is 127 Å². The fraction of sp³-hybridized carbons (Fsp3) is 0.692. The van der Waals surface area contributed by atoms with Gasteiger partial charge in [0, 0.05) is 51.0 Å². The highest BCUT2D eigenvalue weighted by Crippen LogP contribution is 2.44. The summed E-state index contributed by atoms with van der Waals surface area (Å²) < 4.78 is 35.9. The second-order valence-corrected chi connectivity index (χ2v) is 15.1. The molecule has 0 bridgehead atoms. The molecule has 3 fully saturated rings. The predicted octanol–water partition coefficient (Wildman–Crippen LogP) is 1.53. The van der Waals surface area contributed by atoms with Gasteiger partial charge in [-0.25, -0.2) is 4.79 Å². The first-order valence-corrected chi connectivity index (χ1v) is 19.0. The molecule has 17 heteroatoms. The average Bonchev–Trinajstić information content (AvgIpc) is 3.14. The van der Waals surface area contributed by atoms with Gasteiger partial charge in [-0.2, -0.15) is 0 Å². The molecule has 0 spiro atoms. The molecule has 9 N–H and O–H groups in total. The van der Waals surface area contributed by atoms with Crippen molar-refractivity contribution < 1.29 is 58.1 Å². The van der Waals surface area contributed by atoms with Crippen LogP contribution in [0, 0.1) is 11.3 Å². The fourth-order valence-corrected chi connectivity index (χ4v) is 7.20. The van der Waals surface area contributed by atoms with Crippen LogP contribution in [0.5, 0.6) is 0 Å². The third-order valence-electron chi connectivity index (χ3n) is 10.7. The summed E-state index contributed by atoms with van der Waals surface area (Å²) in [5, 5.41) is 36.9. The Labute approximate surface area is 329 Å². The molecule has 3 heterocycles. The van der Waals surface area contributed by atoms with Crippen molar-refractivity contribution in [2.45, 2.75) is 133 Å². The van der Waals surface area contributed by atoms with Crippen LogP contribution in [-0.2, 0) is 42.8 Å². The van der Waals surface area contributed by atoms with Crippen LogP contribution < -0.4 is 22.1 Å². The number of hydrogen-bond acceptors (Lipinski definition) is 12. The summed E-state index contributed by atoms with van der Waals surface area (Å²) in [5.74, 6) is -4.14. The molecular formula is C39H63N5O12. The number of carbonyl (C=O) groups excluding carboxylic acids is 2. The second-order valence-electron chi connectivity index (χ2n) is 15.1. The summed E-state index contributed by atoms with van der Waals surface area (Å²) >= 11 is 0. The highest BCUT2D eigenvalue weighted by atomic mass is 16.7. The minimum atomic E-state index is -1.70. The van der Waals surface area contributed by atoms with Gasteiger partial charge in [0.1, 0.15) is 25.0 Å². The minimum absolute atomic E-state index is 0.0185. The van der Waals surface area contributed by atoms with Gasteiger partial charge in [-0.15, -0.1) is 0 Å². The lowest BCUT2D eigenvalue weighted by Gasteiger charge is -2.54. The Morgan fingerprint density at radius 2 is 1.77 bits per heavy atom. The minimum Gasteiger partial charge on any atom is -0.480 e. The van der Waals surface area contributed by atoms with Crippen molar-refractivity contribution in [3.63, 3.8) is 0 Å². The summed E-state index contributed by atoms with van der Waals surface area (Å²) in [4.78, 5) is 40.9. The van der Waals surface area contributed by atoms with Gasteiger partial charge in [0.05, 0.1) is 24.4 Å². The van der Waals surface area contributed by atoms with Crippen LogP contribution >= 0.6 is 0 Å². The number of nitrogens with zero attached hydrogens (tertiary/aromatic N) is 1. The lowest BCUT2D eigenvalue weighted by Crippen LogP contribution is -2.69. The van der Waals surface area contributed by atoms with Crippen molar-refractivity contribution in [3.8, 4) is 0 Å². The molecule has 0 saturated carbocycles. The van der Waals surface area contributed by atoms with E-state index in [1.54, 1.807) is 19.3 Å². The first-order chi connectivity index (χ1) is 26.5. The maximum Gasteiger partial charge on any atom is 0.326 e. The molecule has 0 radical (unpaired) electrons. The monoisotopic (exact) mass is 793 g/mol. The number of aliphatic carboxylic acids is 1. The topological polar surface area (TPSA) is 256 Å².